The summed E-state index contributed by atoms with van der Waals surface area (Å²) in [6, 6.07) is 0.342. The molecule has 0 spiro atoms. The summed E-state index contributed by atoms with van der Waals surface area (Å²) in [5, 5.41) is 3.16. The van der Waals surface area contributed by atoms with E-state index in [-0.39, 0.29) is 24.3 Å². The van der Waals surface area contributed by atoms with Crippen LogP contribution in [0.3, 0.4) is 0 Å². The Morgan fingerprint density at radius 1 is 0.955 bits per heavy atom. The van der Waals surface area contributed by atoms with Gasteiger partial charge in [0.1, 0.15) is 0 Å². The van der Waals surface area contributed by atoms with Crippen molar-refractivity contribution in [2.24, 2.45) is 0 Å². The lowest BCUT2D eigenvalue weighted by Gasteiger charge is -2.34. The zero-order valence-electron chi connectivity index (χ0n) is 13.3. The predicted octanol–water partition coefficient (Wildman–Crippen LogP) is 1.53. The molecule has 6 heteroatoms. The van der Waals surface area contributed by atoms with Gasteiger partial charge in [0.25, 0.3) is 0 Å². The fourth-order valence-electron chi connectivity index (χ4n) is 3.40. The lowest BCUT2D eigenvalue weighted by atomic mass is 10.1. The highest BCUT2D eigenvalue weighted by atomic mass is 16.5. The number of likely N-dealkylation sites (tertiary alicyclic amines) is 1. The van der Waals surface area contributed by atoms with Gasteiger partial charge in [-0.05, 0) is 38.5 Å². The number of amides is 2. The van der Waals surface area contributed by atoms with Crippen LogP contribution in [0.15, 0.2) is 0 Å². The number of nitrogens with one attached hydrogen (secondary N) is 1. The van der Waals surface area contributed by atoms with Crippen molar-refractivity contribution in [3.8, 4) is 0 Å². The van der Waals surface area contributed by atoms with Gasteiger partial charge in [-0.25, -0.2) is 4.79 Å². The molecule has 2 atom stereocenters. The van der Waals surface area contributed by atoms with Gasteiger partial charge in [0.05, 0.1) is 18.8 Å². The summed E-state index contributed by atoms with van der Waals surface area (Å²) in [5.41, 5.74) is 0. The van der Waals surface area contributed by atoms with E-state index in [9.17, 15) is 4.79 Å². The molecule has 0 bridgehead atoms. The molecule has 3 saturated heterocycles. The molecule has 0 aliphatic carbocycles. The summed E-state index contributed by atoms with van der Waals surface area (Å²) < 4.78 is 16.8. The second-order valence-electron chi connectivity index (χ2n) is 6.50. The maximum atomic E-state index is 12.3. The summed E-state index contributed by atoms with van der Waals surface area (Å²) in [6.07, 6.45) is 6.38. The van der Waals surface area contributed by atoms with E-state index >= 15 is 0 Å². The average Bonchev–Trinajstić information content (AvgIpc) is 2.91. The Labute approximate surface area is 132 Å². The maximum absolute atomic E-state index is 12.3. The summed E-state index contributed by atoms with van der Waals surface area (Å²) in [5.74, 6) is 0. The monoisotopic (exact) mass is 312 g/mol. The number of carbonyl (C=O) groups excluding carboxylic acids is 1. The van der Waals surface area contributed by atoms with Crippen molar-refractivity contribution in [3.05, 3.63) is 0 Å². The Hall–Kier alpha value is -0.850. The van der Waals surface area contributed by atoms with Crippen LogP contribution in [0, 0.1) is 0 Å². The minimum atomic E-state index is 0.0783. The molecule has 3 aliphatic rings. The molecule has 3 rings (SSSR count). The van der Waals surface area contributed by atoms with Crippen LogP contribution in [0.1, 0.15) is 38.5 Å². The quantitative estimate of drug-likeness (QED) is 0.859. The van der Waals surface area contributed by atoms with Gasteiger partial charge in [0.15, 0.2) is 0 Å². The van der Waals surface area contributed by atoms with E-state index in [0.29, 0.717) is 0 Å². The van der Waals surface area contributed by atoms with E-state index in [1.54, 1.807) is 0 Å². The molecule has 1 N–H and O–H groups in total. The van der Waals surface area contributed by atoms with E-state index in [1.165, 1.54) is 0 Å². The van der Waals surface area contributed by atoms with E-state index in [4.69, 9.17) is 14.2 Å². The van der Waals surface area contributed by atoms with Crippen molar-refractivity contribution in [1.29, 1.82) is 0 Å². The third kappa shape index (κ3) is 4.57. The Morgan fingerprint density at radius 2 is 1.77 bits per heavy atom. The number of urea groups is 1. The molecule has 3 heterocycles. The topological polar surface area (TPSA) is 60.0 Å². The molecule has 0 aromatic carbocycles. The third-order valence-electron chi connectivity index (χ3n) is 4.78. The Kier molecular flexibility index (Phi) is 5.92. The first-order chi connectivity index (χ1) is 10.8. The van der Waals surface area contributed by atoms with Gasteiger partial charge in [-0.2, -0.15) is 0 Å². The van der Waals surface area contributed by atoms with Gasteiger partial charge < -0.3 is 24.4 Å². The zero-order chi connectivity index (χ0) is 15.2. The molecule has 3 fully saturated rings. The molecular formula is C16H28N2O4. The van der Waals surface area contributed by atoms with Crippen molar-refractivity contribution in [1.82, 2.24) is 10.2 Å². The standard InChI is InChI=1S/C16H28N2O4/c19-16(17-13-2-1-9-20-10-5-13)18-7-3-14(4-8-18)22-15-6-11-21-12-15/h13-15H,1-12H2,(H,17,19). The lowest BCUT2D eigenvalue weighted by Crippen LogP contribution is -2.49. The van der Waals surface area contributed by atoms with Gasteiger partial charge in [0, 0.05) is 39.0 Å². The van der Waals surface area contributed by atoms with Crippen molar-refractivity contribution < 1.29 is 19.0 Å². The van der Waals surface area contributed by atoms with E-state index in [1.807, 2.05) is 4.90 Å². The van der Waals surface area contributed by atoms with Crippen molar-refractivity contribution in [2.75, 3.05) is 39.5 Å². The Bertz CT molecular complexity index is 344. The Morgan fingerprint density at radius 3 is 2.55 bits per heavy atom. The molecule has 22 heavy (non-hydrogen) atoms. The summed E-state index contributed by atoms with van der Waals surface area (Å²) in [4.78, 5) is 14.3. The van der Waals surface area contributed by atoms with E-state index in [0.717, 1.165) is 78.0 Å². The number of hydrogen-bond acceptors (Lipinski definition) is 4. The number of rotatable bonds is 3. The number of carbonyl (C=O) groups is 1. The molecule has 0 aromatic heterocycles. The van der Waals surface area contributed by atoms with Crippen LogP contribution in [0.25, 0.3) is 0 Å². The van der Waals surface area contributed by atoms with Crippen molar-refractivity contribution in [2.45, 2.75) is 56.8 Å². The molecule has 2 amide bonds. The minimum Gasteiger partial charge on any atom is -0.381 e. The summed E-state index contributed by atoms with van der Waals surface area (Å²) in [6.45, 7) is 4.69. The Balaban J connectivity index is 1.37. The molecule has 6 nitrogen and oxygen atoms in total. The number of hydrogen-bond donors (Lipinski definition) is 1. The molecule has 3 aliphatic heterocycles. The van der Waals surface area contributed by atoms with Crippen LogP contribution in [0.5, 0.6) is 0 Å². The van der Waals surface area contributed by atoms with Crippen LogP contribution in [0.2, 0.25) is 0 Å². The SMILES string of the molecule is O=C(NC1CCCOCC1)N1CCC(OC2CCOC2)CC1. The molecule has 2 unspecified atom stereocenters. The summed E-state index contributed by atoms with van der Waals surface area (Å²) >= 11 is 0. The van der Waals surface area contributed by atoms with Crippen LogP contribution in [-0.2, 0) is 14.2 Å². The van der Waals surface area contributed by atoms with E-state index in [2.05, 4.69) is 5.32 Å². The largest absolute Gasteiger partial charge is 0.381 e. The molecule has 0 radical (unpaired) electrons. The van der Waals surface area contributed by atoms with Gasteiger partial charge >= 0.3 is 6.03 Å². The normalized spacial score (nSPS) is 31.0. The van der Waals surface area contributed by atoms with Gasteiger partial charge in [-0.1, -0.05) is 0 Å². The second-order valence-corrected chi connectivity index (χ2v) is 6.50. The second kappa shape index (κ2) is 8.13. The molecule has 126 valence electrons. The number of piperidine rings is 1. The first kappa shape index (κ1) is 16.0. The fraction of sp³-hybridized carbons (Fsp3) is 0.938. The first-order valence-corrected chi connectivity index (χ1v) is 8.67. The molecule has 0 saturated carbocycles. The summed E-state index contributed by atoms with van der Waals surface area (Å²) in [7, 11) is 0. The highest BCUT2D eigenvalue weighted by Crippen LogP contribution is 2.19. The van der Waals surface area contributed by atoms with Crippen LogP contribution in [-0.4, -0.2) is 68.7 Å². The van der Waals surface area contributed by atoms with Crippen LogP contribution in [0.4, 0.5) is 4.79 Å². The van der Waals surface area contributed by atoms with Crippen molar-refractivity contribution >= 4 is 6.03 Å². The zero-order valence-corrected chi connectivity index (χ0v) is 13.3. The molecule has 0 aromatic rings. The highest BCUT2D eigenvalue weighted by Gasteiger charge is 2.27. The number of ether oxygens (including phenoxy) is 3. The third-order valence-corrected chi connectivity index (χ3v) is 4.78. The lowest BCUT2D eigenvalue weighted by molar-refractivity contribution is -0.0393. The average molecular weight is 312 g/mol. The minimum absolute atomic E-state index is 0.0783. The van der Waals surface area contributed by atoms with Gasteiger partial charge in [-0.3, -0.25) is 0 Å². The van der Waals surface area contributed by atoms with Gasteiger partial charge in [-0.15, -0.1) is 0 Å². The smallest absolute Gasteiger partial charge is 0.317 e. The first-order valence-electron chi connectivity index (χ1n) is 8.67. The van der Waals surface area contributed by atoms with Crippen LogP contribution >= 0.6 is 0 Å². The molecular weight excluding hydrogens is 284 g/mol. The van der Waals surface area contributed by atoms with Crippen LogP contribution < -0.4 is 5.32 Å². The maximum Gasteiger partial charge on any atom is 0.317 e. The van der Waals surface area contributed by atoms with Crippen molar-refractivity contribution in [3.63, 3.8) is 0 Å². The fourth-order valence-corrected chi connectivity index (χ4v) is 3.40. The van der Waals surface area contributed by atoms with Gasteiger partial charge in [0.2, 0.25) is 0 Å². The predicted molar refractivity (Wildman–Crippen MR) is 81.9 cm³/mol. The van der Waals surface area contributed by atoms with E-state index < -0.39 is 0 Å². The highest BCUT2D eigenvalue weighted by molar-refractivity contribution is 5.74. The number of nitrogens with zero attached hydrogens (tertiary/aromatic N) is 1.